The maximum Gasteiger partial charge on any atom is 0.416 e. The molecule has 0 spiro atoms. The van der Waals surface area contributed by atoms with E-state index in [1.807, 2.05) is 0 Å². The minimum atomic E-state index is -4.51. The third-order valence-electron chi connectivity index (χ3n) is 4.45. The van der Waals surface area contributed by atoms with E-state index in [0.717, 1.165) is 24.3 Å². The second-order valence-electron chi connectivity index (χ2n) is 6.47. The van der Waals surface area contributed by atoms with Gasteiger partial charge in [0.1, 0.15) is 0 Å². The van der Waals surface area contributed by atoms with Gasteiger partial charge in [-0.15, -0.1) is 29.8 Å². The summed E-state index contributed by atoms with van der Waals surface area (Å²) in [5.41, 5.74) is 0.388. The van der Waals surface area contributed by atoms with Crippen LogP contribution in [0.2, 0.25) is 0 Å². The Balaban J connectivity index is 0.00000272. The molecule has 0 unspecified atom stereocenters. The molecule has 0 fully saturated rings. The molecule has 9 heteroatoms. The first-order valence-electron chi connectivity index (χ1n) is 8.67. The van der Waals surface area contributed by atoms with E-state index in [4.69, 9.17) is 0 Å². The summed E-state index contributed by atoms with van der Waals surface area (Å²) in [5.74, 6) is 0. The molecular formula is C22H11F6IrN2-. The van der Waals surface area contributed by atoms with E-state index in [1.54, 1.807) is 24.3 Å². The average molecular weight is 610 g/mol. The van der Waals surface area contributed by atoms with E-state index >= 15 is 0 Å². The van der Waals surface area contributed by atoms with Crippen molar-refractivity contribution >= 4 is 11.0 Å². The van der Waals surface area contributed by atoms with Gasteiger partial charge in [0.25, 0.3) is 0 Å². The molecule has 0 saturated heterocycles. The minimum absolute atomic E-state index is 0. The molecule has 0 saturated carbocycles. The second kappa shape index (κ2) is 8.40. The fourth-order valence-corrected chi connectivity index (χ4v) is 2.95. The minimum Gasteiger partial charge on any atom is -0.292 e. The van der Waals surface area contributed by atoms with Crippen molar-refractivity contribution in [1.29, 1.82) is 0 Å². The summed E-state index contributed by atoms with van der Waals surface area (Å²) in [6, 6.07) is 16.7. The maximum atomic E-state index is 12.9. The molecule has 2 nitrogen and oxygen atoms in total. The molecular weight excluding hydrogens is 598 g/mol. The first-order valence-corrected chi connectivity index (χ1v) is 8.67. The topological polar surface area (TPSA) is 25.8 Å². The SMILES string of the molecule is FC(F)(F)c1c[c-]c(-c2nc3ccccc3nc2-c2ccc(C(F)(F)F)cc2)cc1.[Ir]. The number of rotatable bonds is 2. The number of alkyl halides is 6. The molecule has 0 aliphatic heterocycles. The van der Waals surface area contributed by atoms with Crippen molar-refractivity contribution in [3.63, 3.8) is 0 Å². The molecule has 0 N–H and O–H groups in total. The molecule has 0 atom stereocenters. The van der Waals surface area contributed by atoms with E-state index in [9.17, 15) is 26.3 Å². The summed E-state index contributed by atoms with van der Waals surface area (Å²) >= 11 is 0. The van der Waals surface area contributed by atoms with Gasteiger partial charge >= 0.3 is 12.4 Å². The van der Waals surface area contributed by atoms with Crippen LogP contribution in [0.15, 0.2) is 66.7 Å². The molecule has 3 aromatic carbocycles. The van der Waals surface area contributed by atoms with Crippen molar-refractivity contribution in [2.45, 2.75) is 12.4 Å². The smallest absolute Gasteiger partial charge is 0.292 e. The summed E-state index contributed by atoms with van der Waals surface area (Å²) in [6.45, 7) is 0. The van der Waals surface area contributed by atoms with Crippen molar-refractivity contribution in [3.8, 4) is 22.5 Å². The van der Waals surface area contributed by atoms with Gasteiger partial charge in [-0.25, -0.2) is 0 Å². The first-order chi connectivity index (χ1) is 14.1. The first kappa shape index (κ1) is 22.9. The molecule has 4 rings (SSSR count). The van der Waals surface area contributed by atoms with Crippen molar-refractivity contribution < 1.29 is 46.4 Å². The van der Waals surface area contributed by atoms with Crippen LogP contribution >= 0.6 is 0 Å². The van der Waals surface area contributed by atoms with Crippen molar-refractivity contribution in [3.05, 3.63) is 83.9 Å². The van der Waals surface area contributed by atoms with Crippen LogP contribution in [0.4, 0.5) is 26.3 Å². The van der Waals surface area contributed by atoms with E-state index in [1.165, 1.54) is 18.2 Å². The maximum absolute atomic E-state index is 12.9. The number of fused-ring (bicyclic) bond motifs is 1. The molecule has 161 valence electrons. The quantitative estimate of drug-likeness (QED) is 0.185. The van der Waals surface area contributed by atoms with Gasteiger partial charge in [0.05, 0.1) is 22.3 Å². The third kappa shape index (κ3) is 4.78. The molecule has 1 heterocycles. The van der Waals surface area contributed by atoms with Gasteiger partial charge < -0.3 is 0 Å². The number of nitrogens with zero attached hydrogens (tertiary/aromatic N) is 2. The summed E-state index contributed by atoms with van der Waals surface area (Å²) in [5, 5.41) is 0. The van der Waals surface area contributed by atoms with Gasteiger partial charge in [-0.3, -0.25) is 9.97 Å². The fourth-order valence-electron chi connectivity index (χ4n) is 2.95. The fraction of sp³-hybridized carbons (Fsp3) is 0.0909. The number of benzene rings is 3. The van der Waals surface area contributed by atoms with E-state index in [-0.39, 0.29) is 37.1 Å². The van der Waals surface area contributed by atoms with Crippen LogP contribution in [0, 0.1) is 6.07 Å². The van der Waals surface area contributed by atoms with Gasteiger partial charge in [0, 0.05) is 25.8 Å². The largest absolute Gasteiger partial charge is 0.416 e. The van der Waals surface area contributed by atoms with Gasteiger partial charge in [-0.2, -0.15) is 26.3 Å². The van der Waals surface area contributed by atoms with Crippen LogP contribution < -0.4 is 0 Å². The molecule has 0 bridgehead atoms. The standard InChI is InChI=1S/C22H11F6N2.Ir/c23-21(24,25)15-9-5-13(6-10-15)19-20(30-18-4-2-1-3-17(18)29-19)14-7-11-16(12-8-14)22(26,27)28;/h1-7,9-12H;/q-1;. The molecule has 0 aliphatic carbocycles. The summed E-state index contributed by atoms with van der Waals surface area (Å²) in [4.78, 5) is 8.99. The molecule has 4 aromatic rings. The van der Waals surface area contributed by atoms with Crippen molar-refractivity contribution in [1.82, 2.24) is 9.97 Å². The van der Waals surface area contributed by atoms with Gasteiger partial charge in [0.15, 0.2) is 0 Å². The number of hydrogen-bond donors (Lipinski definition) is 0. The van der Waals surface area contributed by atoms with E-state index in [0.29, 0.717) is 16.6 Å². The molecule has 0 aliphatic rings. The summed E-state index contributed by atoms with van der Waals surface area (Å²) in [7, 11) is 0. The number of para-hydroxylation sites is 2. The zero-order valence-corrected chi connectivity index (χ0v) is 17.7. The van der Waals surface area contributed by atoms with Gasteiger partial charge in [0.2, 0.25) is 0 Å². The predicted octanol–water partition coefficient (Wildman–Crippen LogP) is 6.80. The second-order valence-corrected chi connectivity index (χ2v) is 6.47. The average Bonchev–Trinajstić information content (AvgIpc) is 2.72. The summed E-state index contributed by atoms with van der Waals surface area (Å²) in [6.07, 6.45) is -9.00. The molecule has 31 heavy (non-hydrogen) atoms. The zero-order chi connectivity index (χ0) is 21.5. The Labute approximate surface area is 186 Å². The van der Waals surface area contributed by atoms with Crippen molar-refractivity contribution in [2.75, 3.05) is 0 Å². The normalized spacial score (nSPS) is 11.9. The van der Waals surface area contributed by atoms with E-state index < -0.39 is 23.5 Å². The van der Waals surface area contributed by atoms with Gasteiger partial charge in [-0.1, -0.05) is 24.3 Å². The number of halogens is 6. The Hall–Kier alpha value is -2.77. The number of aromatic nitrogens is 2. The molecule has 0 amide bonds. The Morgan fingerprint density at radius 3 is 1.61 bits per heavy atom. The van der Waals surface area contributed by atoms with Crippen LogP contribution in [0.5, 0.6) is 0 Å². The third-order valence-corrected chi connectivity index (χ3v) is 4.45. The van der Waals surface area contributed by atoms with Crippen LogP contribution in [0.1, 0.15) is 11.1 Å². The Morgan fingerprint density at radius 1 is 0.613 bits per heavy atom. The summed E-state index contributed by atoms with van der Waals surface area (Å²) < 4.78 is 77.3. The Morgan fingerprint density at radius 2 is 1.13 bits per heavy atom. The number of hydrogen-bond acceptors (Lipinski definition) is 2. The van der Waals surface area contributed by atoms with Crippen LogP contribution in [0.3, 0.4) is 0 Å². The van der Waals surface area contributed by atoms with Crippen LogP contribution in [0.25, 0.3) is 33.5 Å². The Kier molecular flexibility index (Phi) is 6.21. The monoisotopic (exact) mass is 610 g/mol. The molecule has 1 aromatic heterocycles. The zero-order valence-electron chi connectivity index (χ0n) is 15.3. The van der Waals surface area contributed by atoms with Crippen LogP contribution in [-0.2, 0) is 32.5 Å². The van der Waals surface area contributed by atoms with Crippen LogP contribution in [-0.4, -0.2) is 9.97 Å². The van der Waals surface area contributed by atoms with Crippen molar-refractivity contribution in [2.24, 2.45) is 0 Å². The van der Waals surface area contributed by atoms with Gasteiger partial charge in [-0.05, 0) is 35.4 Å². The predicted molar refractivity (Wildman–Crippen MR) is 99.2 cm³/mol. The Bertz CT molecular complexity index is 1100. The molecule has 1 radical (unpaired) electrons. The van der Waals surface area contributed by atoms with E-state index in [2.05, 4.69) is 16.0 Å².